The minimum Gasteiger partial charge on any atom is -0.321 e. The lowest BCUT2D eigenvalue weighted by atomic mass is 9.83. The Kier molecular flexibility index (Phi) is 4.17. The smallest absolute Gasteiger partial charge is 0.123 e. The largest absolute Gasteiger partial charge is 0.321 e. The van der Waals surface area contributed by atoms with Gasteiger partial charge in [-0.05, 0) is 42.2 Å². The molecule has 1 aromatic carbocycles. The molecule has 0 aliphatic rings. The highest BCUT2D eigenvalue weighted by atomic mass is 35.5. The normalized spacial score (nSPS) is 14.1. The van der Waals surface area contributed by atoms with Crippen LogP contribution in [0.1, 0.15) is 24.5 Å². The molecule has 2 nitrogen and oxygen atoms in total. The molecule has 2 aromatic rings. The van der Waals surface area contributed by atoms with Crippen molar-refractivity contribution in [1.82, 2.24) is 4.98 Å². The maximum absolute atomic E-state index is 13.4. The van der Waals surface area contributed by atoms with E-state index < -0.39 is 5.54 Å². The number of nitrogens with two attached hydrogens (primary N) is 1. The van der Waals surface area contributed by atoms with E-state index in [0.717, 1.165) is 11.1 Å². The van der Waals surface area contributed by atoms with Gasteiger partial charge in [-0.2, -0.15) is 0 Å². The van der Waals surface area contributed by atoms with Gasteiger partial charge in [-0.1, -0.05) is 30.7 Å². The highest BCUT2D eigenvalue weighted by Crippen LogP contribution is 2.29. The Morgan fingerprint density at radius 3 is 2.79 bits per heavy atom. The van der Waals surface area contributed by atoms with E-state index in [0.29, 0.717) is 17.9 Å². The van der Waals surface area contributed by atoms with E-state index >= 15 is 0 Å². The third kappa shape index (κ3) is 3.11. The number of nitrogens with zero attached hydrogens (tertiary/aromatic N) is 1. The Bertz CT molecular complexity index is 574. The molecule has 4 heteroatoms. The average molecular weight is 279 g/mol. The molecule has 2 rings (SSSR count). The summed E-state index contributed by atoms with van der Waals surface area (Å²) >= 11 is 6.11. The standard InChI is InChI=1S/C15H16ClFN2/c1-2-15(18,12-4-3-5-13(17)8-12)9-11-6-7-19-10-14(11)16/h3-8,10H,2,9,18H2,1H3. The van der Waals surface area contributed by atoms with Crippen molar-refractivity contribution in [2.24, 2.45) is 5.73 Å². The van der Waals surface area contributed by atoms with Crippen molar-refractivity contribution >= 4 is 11.6 Å². The summed E-state index contributed by atoms with van der Waals surface area (Å²) in [6, 6.07) is 8.27. The molecule has 0 fully saturated rings. The van der Waals surface area contributed by atoms with Gasteiger partial charge in [0.15, 0.2) is 0 Å². The predicted molar refractivity (Wildman–Crippen MR) is 75.5 cm³/mol. The van der Waals surface area contributed by atoms with Crippen LogP contribution >= 0.6 is 11.6 Å². The van der Waals surface area contributed by atoms with E-state index in [-0.39, 0.29) is 5.82 Å². The zero-order chi connectivity index (χ0) is 13.9. The van der Waals surface area contributed by atoms with E-state index in [2.05, 4.69) is 4.98 Å². The minimum atomic E-state index is -0.632. The number of rotatable bonds is 4. The fourth-order valence-electron chi connectivity index (χ4n) is 2.12. The Hall–Kier alpha value is -1.45. The van der Waals surface area contributed by atoms with Crippen LogP contribution in [0.5, 0.6) is 0 Å². The van der Waals surface area contributed by atoms with Crippen molar-refractivity contribution in [1.29, 1.82) is 0 Å². The molecular weight excluding hydrogens is 263 g/mol. The minimum absolute atomic E-state index is 0.276. The Balaban J connectivity index is 2.36. The molecule has 0 aliphatic carbocycles. The van der Waals surface area contributed by atoms with Crippen LogP contribution in [0.15, 0.2) is 42.7 Å². The molecule has 1 aromatic heterocycles. The topological polar surface area (TPSA) is 38.9 Å². The maximum Gasteiger partial charge on any atom is 0.123 e. The van der Waals surface area contributed by atoms with Crippen molar-refractivity contribution < 1.29 is 4.39 Å². The summed E-state index contributed by atoms with van der Waals surface area (Å²) in [6.07, 6.45) is 4.52. The van der Waals surface area contributed by atoms with E-state index in [9.17, 15) is 4.39 Å². The molecule has 0 saturated heterocycles. The van der Waals surface area contributed by atoms with Crippen LogP contribution < -0.4 is 5.73 Å². The summed E-state index contributed by atoms with van der Waals surface area (Å²) in [5.41, 5.74) is 7.51. The number of hydrogen-bond donors (Lipinski definition) is 1. The molecule has 0 bridgehead atoms. The van der Waals surface area contributed by atoms with Crippen LogP contribution in [-0.4, -0.2) is 4.98 Å². The van der Waals surface area contributed by atoms with Gasteiger partial charge in [0.05, 0.1) is 5.02 Å². The van der Waals surface area contributed by atoms with E-state index in [4.69, 9.17) is 17.3 Å². The molecular formula is C15H16ClFN2. The number of aromatic nitrogens is 1. The summed E-state index contributed by atoms with van der Waals surface area (Å²) < 4.78 is 13.4. The zero-order valence-electron chi connectivity index (χ0n) is 10.7. The fraction of sp³-hybridized carbons (Fsp3) is 0.267. The Morgan fingerprint density at radius 1 is 1.37 bits per heavy atom. The summed E-state index contributed by atoms with van der Waals surface area (Å²) in [7, 11) is 0. The average Bonchev–Trinajstić information content (AvgIpc) is 2.41. The first kappa shape index (κ1) is 14.0. The summed E-state index contributed by atoms with van der Waals surface area (Å²) in [5.74, 6) is -0.276. The molecule has 1 unspecified atom stereocenters. The van der Waals surface area contributed by atoms with Gasteiger partial charge in [-0.3, -0.25) is 4.98 Å². The van der Waals surface area contributed by atoms with Gasteiger partial charge in [0.25, 0.3) is 0 Å². The van der Waals surface area contributed by atoms with E-state index in [1.807, 2.05) is 19.1 Å². The highest BCUT2D eigenvalue weighted by Gasteiger charge is 2.26. The number of halogens is 2. The molecule has 1 atom stereocenters. The quantitative estimate of drug-likeness (QED) is 0.926. The van der Waals surface area contributed by atoms with Gasteiger partial charge in [-0.15, -0.1) is 0 Å². The van der Waals surface area contributed by atoms with E-state index in [1.54, 1.807) is 18.5 Å². The molecule has 0 saturated carbocycles. The molecule has 100 valence electrons. The third-order valence-electron chi connectivity index (χ3n) is 3.39. The molecule has 19 heavy (non-hydrogen) atoms. The SMILES string of the molecule is CCC(N)(Cc1ccncc1Cl)c1cccc(F)c1. The van der Waals surface area contributed by atoms with Crippen LogP contribution in [0.3, 0.4) is 0 Å². The van der Waals surface area contributed by atoms with Gasteiger partial charge < -0.3 is 5.73 Å². The first-order chi connectivity index (χ1) is 9.05. The first-order valence-electron chi connectivity index (χ1n) is 6.18. The van der Waals surface area contributed by atoms with Crippen molar-refractivity contribution in [2.45, 2.75) is 25.3 Å². The van der Waals surface area contributed by atoms with Gasteiger partial charge in [0, 0.05) is 17.9 Å². The monoisotopic (exact) mass is 278 g/mol. The van der Waals surface area contributed by atoms with Gasteiger partial charge in [0.1, 0.15) is 5.82 Å². The van der Waals surface area contributed by atoms with Crippen molar-refractivity contribution in [3.63, 3.8) is 0 Å². The summed E-state index contributed by atoms with van der Waals surface area (Å²) in [5, 5.41) is 0.585. The fourth-order valence-corrected chi connectivity index (χ4v) is 2.30. The van der Waals surface area contributed by atoms with Gasteiger partial charge in [0.2, 0.25) is 0 Å². The zero-order valence-corrected chi connectivity index (χ0v) is 11.5. The second-order valence-corrected chi connectivity index (χ2v) is 5.07. The van der Waals surface area contributed by atoms with Crippen LogP contribution in [-0.2, 0) is 12.0 Å². The predicted octanol–water partition coefficient (Wildman–Crippen LogP) is 3.68. The second-order valence-electron chi connectivity index (χ2n) is 4.66. The number of benzene rings is 1. The number of hydrogen-bond acceptors (Lipinski definition) is 2. The van der Waals surface area contributed by atoms with Crippen molar-refractivity contribution in [3.05, 3.63) is 64.7 Å². The van der Waals surface area contributed by atoms with Gasteiger partial charge >= 0.3 is 0 Å². The maximum atomic E-state index is 13.4. The van der Waals surface area contributed by atoms with Crippen molar-refractivity contribution in [3.8, 4) is 0 Å². The molecule has 0 aliphatic heterocycles. The third-order valence-corrected chi connectivity index (χ3v) is 3.73. The van der Waals surface area contributed by atoms with Crippen molar-refractivity contribution in [2.75, 3.05) is 0 Å². The van der Waals surface area contributed by atoms with Gasteiger partial charge in [-0.25, -0.2) is 4.39 Å². The molecule has 0 radical (unpaired) electrons. The molecule has 0 amide bonds. The Morgan fingerprint density at radius 2 is 2.16 bits per heavy atom. The second kappa shape index (κ2) is 5.68. The molecule has 0 spiro atoms. The lowest BCUT2D eigenvalue weighted by molar-refractivity contribution is 0.422. The van der Waals surface area contributed by atoms with E-state index in [1.165, 1.54) is 12.1 Å². The van der Waals surface area contributed by atoms with Crippen LogP contribution in [0.25, 0.3) is 0 Å². The summed E-state index contributed by atoms with van der Waals surface area (Å²) in [4.78, 5) is 3.95. The molecule has 2 N–H and O–H groups in total. The number of pyridine rings is 1. The van der Waals surface area contributed by atoms with Crippen LogP contribution in [0, 0.1) is 5.82 Å². The lowest BCUT2D eigenvalue weighted by Crippen LogP contribution is -2.38. The van der Waals surface area contributed by atoms with Crippen LogP contribution in [0.4, 0.5) is 4.39 Å². The highest BCUT2D eigenvalue weighted by molar-refractivity contribution is 6.31. The molecule has 1 heterocycles. The van der Waals surface area contributed by atoms with Crippen LogP contribution in [0.2, 0.25) is 5.02 Å². The Labute approximate surface area is 117 Å². The lowest BCUT2D eigenvalue weighted by Gasteiger charge is -2.29. The summed E-state index contributed by atoms with van der Waals surface area (Å²) in [6.45, 7) is 1.99. The first-order valence-corrected chi connectivity index (χ1v) is 6.56.